The minimum atomic E-state index is -0.285. The first-order chi connectivity index (χ1) is 7.58. The summed E-state index contributed by atoms with van der Waals surface area (Å²) in [6, 6.07) is 6.28. The van der Waals surface area contributed by atoms with Gasteiger partial charge in [-0.05, 0) is 26.0 Å². The third kappa shape index (κ3) is 2.02. The molecule has 0 bridgehead atoms. The number of nitrogens with zero attached hydrogens (tertiary/aromatic N) is 1. The van der Waals surface area contributed by atoms with Crippen LogP contribution in [0.4, 0.5) is 4.39 Å². The first-order valence-corrected chi connectivity index (χ1v) is 5.32. The van der Waals surface area contributed by atoms with E-state index in [0.717, 1.165) is 11.4 Å². The lowest BCUT2D eigenvalue weighted by Gasteiger charge is -2.05. The van der Waals surface area contributed by atoms with Crippen LogP contribution in [0.2, 0.25) is 0 Å². The van der Waals surface area contributed by atoms with Crippen LogP contribution in [0, 0.1) is 24.3 Å². The van der Waals surface area contributed by atoms with Crippen molar-refractivity contribution >= 4 is 12.2 Å². The van der Waals surface area contributed by atoms with Gasteiger partial charge in [-0.3, -0.25) is 0 Å². The second kappa shape index (κ2) is 4.14. The highest BCUT2D eigenvalue weighted by Gasteiger charge is 2.05. The van der Waals surface area contributed by atoms with Gasteiger partial charge in [0.25, 0.3) is 0 Å². The number of hydrogen-bond acceptors (Lipinski definition) is 2. The first-order valence-electron chi connectivity index (χ1n) is 4.91. The number of H-pyrrole nitrogens is 1. The van der Waals surface area contributed by atoms with Crippen LogP contribution < -0.4 is 0 Å². The normalized spacial score (nSPS) is 10.4. The zero-order valence-electron chi connectivity index (χ0n) is 9.04. The third-order valence-corrected chi connectivity index (χ3v) is 2.73. The largest absolute Gasteiger partial charge is 0.347 e. The first kappa shape index (κ1) is 11.0. The highest BCUT2D eigenvalue weighted by molar-refractivity contribution is 7.71. The van der Waals surface area contributed by atoms with Crippen molar-refractivity contribution in [3.8, 4) is 11.3 Å². The molecule has 1 aromatic heterocycles. The molecule has 2 aromatic rings. The van der Waals surface area contributed by atoms with Crippen molar-refractivity contribution in [3.63, 3.8) is 0 Å². The topological polar surface area (TPSA) is 28.7 Å². The molecule has 0 fully saturated rings. The standard InChI is InChI=1S/C12H11FN2S/c1-7-8(2)15-12(16)11(14-7)9-4-3-5-10(13)6-9/h3-6H,1-2H3,(H,15,16). The molecular formula is C12H11FN2S. The Morgan fingerprint density at radius 2 is 2.06 bits per heavy atom. The van der Waals surface area contributed by atoms with Crippen molar-refractivity contribution in [2.75, 3.05) is 0 Å². The Hall–Kier alpha value is -1.55. The van der Waals surface area contributed by atoms with Gasteiger partial charge in [0.05, 0.1) is 5.69 Å². The molecule has 0 saturated heterocycles. The van der Waals surface area contributed by atoms with Crippen LogP contribution in [0.1, 0.15) is 11.4 Å². The Labute approximate surface area is 98.2 Å². The summed E-state index contributed by atoms with van der Waals surface area (Å²) in [6.07, 6.45) is 0. The third-order valence-electron chi connectivity index (χ3n) is 2.44. The fraction of sp³-hybridized carbons (Fsp3) is 0.167. The monoisotopic (exact) mass is 234 g/mol. The zero-order valence-corrected chi connectivity index (χ0v) is 9.86. The minimum absolute atomic E-state index is 0.285. The molecule has 0 aliphatic carbocycles. The summed E-state index contributed by atoms with van der Waals surface area (Å²) in [4.78, 5) is 7.44. The molecule has 82 valence electrons. The van der Waals surface area contributed by atoms with E-state index in [0.29, 0.717) is 15.9 Å². The van der Waals surface area contributed by atoms with Gasteiger partial charge in [-0.25, -0.2) is 9.37 Å². The maximum Gasteiger partial charge on any atom is 0.130 e. The van der Waals surface area contributed by atoms with E-state index in [1.165, 1.54) is 12.1 Å². The van der Waals surface area contributed by atoms with Crippen molar-refractivity contribution in [2.24, 2.45) is 0 Å². The lowest BCUT2D eigenvalue weighted by Crippen LogP contribution is -1.96. The van der Waals surface area contributed by atoms with Gasteiger partial charge >= 0.3 is 0 Å². The van der Waals surface area contributed by atoms with Crippen LogP contribution in [0.3, 0.4) is 0 Å². The van der Waals surface area contributed by atoms with Crippen LogP contribution >= 0.6 is 12.2 Å². The Balaban J connectivity index is 2.65. The van der Waals surface area contributed by atoms with Gasteiger partial charge in [-0.1, -0.05) is 24.4 Å². The number of rotatable bonds is 1. The number of halogens is 1. The molecule has 0 spiro atoms. The molecule has 0 aliphatic heterocycles. The van der Waals surface area contributed by atoms with Gasteiger partial charge in [0.1, 0.15) is 16.2 Å². The second-order valence-corrected chi connectivity index (χ2v) is 4.04. The molecule has 16 heavy (non-hydrogen) atoms. The Bertz CT molecular complexity index is 590. The summed E-state index contributed by atoms with van der Waals surface area (Å²) < 4.78 is 13.6. The smallest absolute Gasteiger partial charge is 0.130 e. The molecule has 2 rings (SSSR count). The summed E-state index contributed by atoms with van der Waals surface area (Å²) in [5.41, 5.74) is 3.12. The van der Waals surface area contributed by atoms with E-state index < -0.39 is 0 Å². The Morgan fingerprint density at radius 1 is 1.31 bits per heavy atom. The van der Waals surface area contributed by atoms with Crippen molar-refractivity contribution in [1.82, 2.24) is 9.97 Å². The summed E-state index contributed by atoms with van der Waals surface area (Å²) in [6.45, 7) is 3.80. The maximum absolute atomic E-state index is 13.1. The lowest BCUT2D eigenvalue weighted by molar-refractivity contribution is 0.628. The van der Waals surface area contributed by atoms with Crippen LogP contribution in [0.5, 0.6) is 0 Å². The summed E-state index contributed by atoms with van der Waals surface area (Å²) in [5, 5.41) is 0. The quantitative estimate of drug-likeness (QED) is 0.764. The molecule has 0 aliphatic rings. The van der Waals surface area contributed by atoms with E-state index in [9.17, 15) is 4.39 Å². The number of aromatic nitrogens is 2. The average Bonchev–Trinajstić information content (AvgIpc) is 2.23. The van der Waals surface area contributed by atoms with Crippen LogP contribution in [0.25, 0.3) is 11.3 Å². The van der Waals surface area contributed by atoms with E-state index in [1.54, 1.807) is 12.1 Å². The average molecular weight is 234 g/mol. The molecule has 1 aromatic carbocycles. The van der Waals surface area contributed by atoms with Crippen molar-refractivity contribution in [3.05, 3.63) is 46.1 Å². The fourth-order valence-electron chi connectivity index (χ4n) is 1.45. The van der Waals surface area contributed by atoms with E-state index in [-0.39, 0.29) is 5.82 Å². The highest BCUT2D eigenvalue weighted by Crippen LogP contribution is 2.19. The van der Waals surface area contributed by atoms with Gasteiger partial charge in [0.15, 0.2) is 0 Å². The van der Waals surface area contributed by atoms with Gasteiger partial charge in [-0.15, -0.1) is 0 Å². The molecule has 1 N–H and O–H groups in total. The number of nitrogens with one attached hydrogen (secondary N) is 1. The molecule has 0 saturated carbocycles. The second-order valence-electron chi connectivity index (χ2n) is 3.64. The number of aryl methyl sites for hydroxylation is 2. The van der Waals surface area contributed by atoms with Crippen LogP contribution in [0.15, 0.2) is 24.3 Å². The molecule has 1 heterocycles. The predicted molar refractivity (Wildman–Crippen MR) is 64.3 cm³/mol. The van der Waals surface area contributed by atoms with E-state index in [2.05, 4.69) is 9.97 Å². The molecule has 0 atom stereocenters. The summed E-state index contributed by atoms with van der Waals surface area (Å²) in [7, 11) is 0. The van der Waals surface area contributed by atoms with Crippen LogP contribution in [-0.4, -0.2) is 9.97 Å². The maximum atomic E-state index is 13.1. The summed E-state index contributed by atoms with van der Waals surface area (Å²) in [5.74, 6) is -0.285. The zero-order chi connectivity index (χ0) is 11.7. The lowest BCUT2D eigenvalue weighted by atomic mass is 10.1. The van der Waals surface area contributed by atoms with Gasteiger partial charge < -0.3 is 4.98 Å². The van der Waals surface area contributed by atoms with Crippen molar-refractivity contribution in [2.45, 2.75) is 13.8 Å². The number of aromatic amines is 1. The molecule has 2 nitrogen and oxygen atoms in total. The molecule has 0 amide bonds. The summed E-state index contributed by atoms with van der Waals surface area (Å²) >= 11 is 5.18. The number of hydrogen-bond donors (Lipinski definition) is 1. The SMILES string of the molecule is Cc1nc(-c2cccc(F)c2)c(=S)[nH]c1C. The van der Waals surface area contributed by atoms with Crippen molar-refractivity contribution < 1.29 is 4.39 Å². The minimum Gasteiger partial charge on any atom is -0.347 e. The Morgan fingerprint density at radius 3 is 2.75 bits per heavy atom. The fourth-order valence-corrected chi connectivity index (χ4v) is 1.77. The van der Waals surface area contributed by atoms with E-state index in [4.69, 9.17) is 12.2 Å². The number of benzene rings is 1. The molecule has 4 heteroatoms. The van der Waals surface area contributed by atoms with Gasteiger partial charge in [-0.2, -0.15) is 0 Å². The van der Waals surface area contributed by atoms with Crippen molar-refractivity contribution in [1.29, 1.82) is 0 Å². The Kier molecular flexibility index (Phi) is 2.83. The molecule has 0 unspecified atom stereocenters. The molecule has 0 radical (unpaired) electrons. The van der Waals surface area contributed by atoms with E-state index >= 15 is 0 Å². The highest BCUT2D eigenvalue weighted by atomic mass is 32.1. The van der Waals surface area contributed by atoms with Gasteiger partial charge in [0, 0.05) is 11.3 Å². The van der Waals surface area contributed by atoms with E-state index in [1.807, 2.05) is 13.8 Å². The predicted octanol–water partition coefficient (Wildman–Crippen LogP) is 3.56. The molecular weight excluding hydrogens is 223 g/mol. The van der Waals surface area contributed by atoms with Crippen LogP contribution in [-0.2, 0) is 0 Å². The van der Waals surface area contributed by atoms with Gasteiger partial charge in [0.2, 0.25) is 0 Å².